The first-order valence-electron chi connectivity index (χ1n) is 5.00. The molecule has 17 heavy (non-hydrogen) atoms. The average molecular weight is 264 g/mol. The van der Waals surface area contributed by atoms with E-state index in [-0.39, 0.29) is 0 Å². The predicted octanol–water partition coefficient (Wildman–Crippen LogP) is 3.30. The van der Waals surface area contributed by atoms with Crippen molar-refractivity contribution in [2.45, 2.75) is 6.54 Å². The zero-order chi connectivity index (χ0) is 12.3. The van der Waals surface area contributed by atoms with E-state index in [0.29, 0.717) is 4.88 Å². The van der Waals surface area contributed by atoms with Crippen molar-refractivity contribution in [2.24, 2.45) is 0 Å². The van der Waals surface area contributed by atoms with Gasteiger partial charge in [-0.15, -0.1) is 0 Å². The number of hydrogen-bond acceptors (Lipinski definition) is 4. The van der Waals surface area contributed by atoms with E-state index in [9.17, 15) is 0 Å². The van der Waals surface area contributed by atoms with Crippen LogP contribution in [0, 0.1) is 11.3 Å². The molecule has 5 heteroatoms. The van der Waals surface area contributed by atoms with Crippen molar-refractivity contribution >= 4 is 28.1 Å². The normalized spacial score (nSPS) is 9.94. The lowest BCUT2D eigenvalue weighted by Gasteiger charge is -2.15. The molecule has 0 aliphatic rings. The van der Waals surface area contributed by atoms with Crippen molar-refractivity contribution in [2.75, 3.05) is 11.9 Å². The second-order valence-corrected chi connectivity index (χ2v) is 5.05. The summed E-state index contributed by atoms with van der Waals surface area (Å²) in [6.45, 7) is 0.746. The van der Waals surface area contributed by atoms with Crippen LogP contribution in [0.4, 0.5) is 5.13 Å². The van der Waals surface area contributed by atoms with Gasteiger partial charge in [0.15, 0.2) is 5.13 Å². The SMILES string of the molecule is CN(Cc1ccc(Cl)cc1)c1ncc(C#N)s1. The second kappa shape index (κ2) is 5.17. The first-order valence-corrected chi connectivity index (χ1v) is 6.20. The van der Waals surface area contributed by atoms with Gasteiger partial charge in [0.05, 0.1) is 6.20 Å². The van der Waals surface area contributed by atoms with Crippen LogP contribution in [0.25, 0.3) is 0 Å². The summed E-state index contributed by atoms with van der Waals surface area (Å²) in [5.74, 6) is 0. The number of thiazole rings is 1. The van der Waals surface area contributed by atoms with Crippen LogP contribution in [-0.4, -0.2) is 12.0 Å². The molecular weight excluding hydrogens is 254 g/mol. The molecule has 2 rings (SSSR count). The Bertz CT molecular complexity index is 542. The highest BCUT2D eigenvalue weighted by Gasteiger charge is 2.07. The molecule has 2 aromatic rings. The summed E-state index contributed by atoms with van der Waals surface area (Å²) in [5, 5.41) is 10.3. The van der Waals surface area contributed by atoms with Crippen LogP contribution in [0.15, 0.2) is 30.5 Å². The number of nitriles is 1. The van der Waals surface area contributed by atoms with E-state index in [1.807, 2.05) is 36.2 Å². The molecule has 0 aliphatic carbocycles. The Hall–Kier alpha value is -1.57. The minimum Gasteiger partial charge on any atom is -0.347 e. The Morgan fingerprint density at radius 2 is 2.12 bits per heavy atom. The molecule has 0 N–H and O–H groups in total. The van der Waals surface area contributed by atoms with Crippen LogP contribution < -0.4 is 4.90 Å². The third-order valence-electron chi connectivity index (χ3n) is 2.26. The van der Waals surface area contributed by atoms with E-state index >= 15 is 0 Å². The monoisotopic (exact) mass is 263 g/mol. The van der Waals surface area contributed by atoms with Gasteiger partial charge >= 0.3 is 0 Å². The molecule has 86 valence electrons. The molecule has 1 aromatic carbocycles. The lowest BCUT2D eigenvalue weighted by atomic mass is 10.2. The van der Waals surface area contributed by atoms with Crippen LogP contribution in [0.5, 0.6) is 0 Å². The average Bonchev–Trinajstić information content (AvgIpc) is 2.81. The molecule has 0 aliphatic heterocycles. The quantitative estimate of drug-likeness (QED) is 0.853. The smallest absolute Gasteiger partial charge is 0.186 e. The lowest BCUT2D eigenvalue weighted by Crippen LogP contribution is -2.15. The van der Waals surface area contributed by atoms with Gasteiger partial charge in [-0.25, -0.2) is 4.98 Å². The Kier molecular flexibility index (Phi) is 3.62. The van der Waals surface area contributed by atoms with E-state index in [4.69, 9.17) is 16.9 Å². The Morgan fingerprint density at radius 1 is 1.41 bits per heavy atom. The largest absolute Gasteiger partial charge is 0.347 e. The summed E-state index contributed by atoms with van der Waals surface area (Å²) in [6.07, 6.45) is 1.60. The summed E-state index contributed by atoms with van der Waals surface area (Å²) in [5.41, 5.74) is 1.16. The second-order valence-electron chi connectivity index (χ2n) is 3.60. The van der Waals surface area contributed by atoms with Crippen molar-refractivity contribution in [3.8, 4) is 6.07 Å². The maximum absolute atomic E-state index is 8.74. The maximum atomic E-state index is 8.74. The molecule has 0 unspecified atom stereocenters. The van der Waals surface area contributed by atoms with E-state index in [0.717, 1.165) is 22.3 Å². The molecule has 1 heterocycles. The molecule has 3 nitrogen and oxygen atoms in total. The fraction of sp³-hybridized carbons (Fsp3) is 0.167. The number of nitrogens with zero attached hydrogens (tertiary/aromatic N) is 3. The third kappa shape index (κ3) is 2.96. The van der Waals surface area contributed by atoms with Crippen LogP contribution in [0.2, 0.25) is 5.02 Å². The van der Waals surface area contributed by atoms with E-state index in [1.165, 1.54) is 11.3 Å². The van der Waals surface area contributed by atoms with Gasteiger partial charge in [-0.1, -0.05) is 35.1 Å². The van der Waals surface area contributed by atoms with Gasteiger partial charge in [0.1, 0.15) is 10.9 Å². The number of benzene rings is 1. The van der Waals surface area contributed by atoms with Crippen LogP contribution in [0.1, 0.15) is 10.4 Å². The topological polar surface area (TPSA) is 39.9 Å². The van der Waals surface area contributed by atoms with E-state index in [1.54, 1.807) is 6.20 Å². The molecule has 0 spiro atoms. The fourth-order valence-corrected chi connectivity index (χ4v) is 2.22. The highest BCUT2D eigenvalue weighted by Crippen LogP contribution is 2.22. The molecule has 0 amide bonds. The maximum Gasteiger partial charge on any atom is 0.186 e. The summed E-state index contributed by atoms with van der Waals surface area (Å²) in [6, 6.07) is 9.79. The zero-order valence-electron chi connectivity index (χ0n) is 9.22. The van der Waals surface area contributed by atoms with Crippen LogP contribution in [-0.2, 0) is 6.54 Å². The van der Waals surface area contributed by atoms with Crippen molar-refractivity contribution in [1.82, 2.24) is 4.98 Å². The van der Waals surface area contributed by atoms with Gasteiger partial charge in [0.25, 0.3) is 0 Å². The first kappa shape index (κ1) is 11.9. The molecular formula is C12H10ClN3S. The summed E-state index contributed by atoms with van der Waals surface area (Å²) >= 11 is 7.22. The minimum atomic E-state index is 0.628. The highest BCUT2D eigenvalue weighted by molar-refractivity contribution is 7.16. The molecule has 0 saturated heterocycles. The number of anilines is 1. The number of rotatable bonds is 3. The van der Waals surface area contributed by atoms with E-state index < -0.39 is 0 Å². The van der Waals surface area contributed by atoms with Crippen LogP contribution >= 0.6 is 22.9 Å². The molecule has 0 radical (unpaired) electrons. The Labute approximate surface area is 109 Å². The molecule has 0 atom stereocenters. The highest BCUT2D eigenvalue weighted by atomic mass is 35.5. The van der Waals surface area contributed by atoms with Gasteiger partial charge in [0.2, 0.25) is 0 Å². The van der Waals surface area contributed by atoms with Crippen molar-refractivity contribution in [3.05, 3.63) is 45.9 Å². The van der Waals surface area contributed by atoms with Gasteiger partial charge in [-0.2, -0.15) is 5.26 Å². The standard InChI is InChI=1S/C12H10ClN3S/c1-16(12-15-7-11(6-14)17-12)8-9-2-4-10(13)5-3-9/h2-5,7H,8H2,1H3. The summed E-state index contributed by atoms with van der Waals surface area (Å²) in [7, 11) is 1.95. The summed E-state index contributed by atoms with van der Waals surface area (Å²) in [4.78, 5) is 6.83. The fourth-order valence-electron chi connectivity index (χ4n) is 1.42. The molecule has 0 fully saturated rings. The number of aromatic nitrogens is 1. The Balaban J connectivity index is 2.08. The molecule has 0 bridgehead atoms. The van der Waals surface area contributed by atoms with Crippen molar-refractivity contribution in [1.29, 1.82) is 5.26 Å². The third-order valence-corrected chi connectivity index (χ3v) is 3.53. The van der Waals surface area contributed by atoms with Gasteiger partial charge in [-0.3, -0.25) is 0 Å². The van der Waals surface area contributed by atoms with E-state index in [2.05, 4.69) is 11.1 Å². The van der Waals surface area contributed by atoms with Crippen molar-refractivity contribution < 1.29 is 0 Å². The molecule has 1 aromatic heterocycles. The number of hydrogen-bond donors (Lipinski definition) is 0. The predicted molar refractivity (Wildman–Crippen MR) is 70.4 cm³/mol. The van der Waals surface area contributed by atoms with Crippen molar-refractivity contribution in [3.63, 3.8) is 0 Å². The van der Waals surface area contributed by atoms with Gasteiger partial charge in [-0.05, 0) is 17.7 Å². The first-order chi connectivity index (χ1) is 8.19. The van der Waals surface area contributed by atoms with Crippen LogP contribution in [0.3, 0.4) is 0 Å². The zero-order valence-corrected chi connectivity index (χ0v) is 10.8. The lowest BCUT2D eigenvalue weighted by molar-refractivity contribution is 0.915. The summed E-state index contributed by atoms with van der Waals surface area (Å²) < 4.78 is 0. The minimum absolute atomic E-state index is 0.628. The number of halogens is 1. The van der Waals surface area contributed by atoms with Gasteiger partial charge < -0.3 is 4.90 Å². The molecule has 0 saturated carbocycles. The Morgan fingerprint density at radius 3 is 2.71 bits per heavy atom. The van der Waals surface area contributed by atoms with Gasteiger partial charge in [0, 0.05) is 18.6 Å².